The van der Waals surface area contributed by atoms with Crippen LogP contribution < -0.4 is 10.9 Å². The average molecular weight is 319 g/mol. The highest BCUT2D eigenvalue weighted by Gasteiger charge is 2.12. The van der Waals surface area contributed by atoms with Gasteiger partial charge in [-0.05, 0) is 54.8 Å². The Morgan fingerprint density at radius 3 is 2.32 bits per heavy atom. The number of hydrogen-bond donors (Lipinski definition) is 3. The van der Waals surface area contributed by atoms with Gasteiger partial charge >= 0.3 is 0 Å². The molecule has 116 valence electrons. The van der Waals surface area contributed by atoms with E-state index in [1.54, 1.807) is 24.3 Å². The van der Waals surface area contributed by atoms with Crippen molar-refractivity contribution < 1.29 is 9.90 Å². The van der Waals surface area contributed by atoms with E-state index in [-0.39, 0.29) is 12.3 Å². The number of aliphatic hydroxyl groups is 1. The van der Waals surface area contributed by atoms with Crippen LogP contribution in [0.25, 0.3) is 0 Å². The Balaban J connectivity index is 1.88. The molecule has 3 N–H and O–H groups in total. The third-order valence-electron chi connectivity index (χ3n) is 3.20. The van der Waals surface area contributed by atoms with Crippen molar-refractivity contribution >= 4 is 23.2 Å². The number of benzene rings is 2. The first-order valence-corrected chi connectivity index (χ1v) is 7.38. The number of nitrogens with one attached hydrogen (secondary N) is 2. The molecule has 1 atom stereocenters. The van der Waals surface area contributed by atoms with Crippen molar-refractivity contribution in [2.75, 3.05) is 5.43 Å². The van der Waals surface area contributed by atoms with Gasteiger partial charge < -0.3 is 5.11 Å². The summed E-state index contributed by atoms with van der Waals surface area (Å²) in [4.78, 5) is 11.9. The third kappa shape index (κ3) is 4.76. The van der Waals surface area contributed by atoms with E-state index in [2.05, 4.69) is 16.9 Å². The molecule has 0 spiro atoms. The fraction of sp³-hybridized carbons (Fsp3) is 0.235. The van der Waals surface area contributed by atoms with Crippen molar-refractivity contribution in [1.29, 1.82) is 0 Å². The maximum Gasteiger partial charge on any atom is 0.241 e. The zero-order valence-corrected chi connectivity index (χ0v) is 13.3. The summed E-state index contributed by atoms with van der Waals surface area (Å²) in [7, 11) is 0. The highest BCUT2D eigenvalue weighted by molar-refractivity contribution is 6.30. The number of carbonyl (C=O) groups excluding carboxylic acids is 1. The molecule has 2 aromatic rings. The Labute approximate surface area is 135 Å². The lowest BCUT2D eigenvalue weighted by molar-refractivity contribution is -0.122. The molecule has 2 rings (SSSR count). The number of amides is 1. The second-order valence-corrected chi connectivity index (χ2v) is 5.76. The largest absolute Gasteiger partial charge is 0.388 e. The van der Waals surface area contributed by atoms with Gasteiger partial charge in [0.05, 0.1) is 18.2 Å². The van der Waals surface area contributed by atoms with Gasteiger partial charge in [-0.2, -0.15) is 0 Å². The van der Waals surface area contributed by atoms with E-state index < -0.39 is 6.10 Å². The van der Waals surface area contributed by atoms with Gasteiger partial charge in [0.1, 0.15) is 0 Å². The molecule has 0 fully saturated rings. The maximum absolute atomic E-state index is 11.9. The minimum atomic E-state index is -0.863. The Bertz CT molecular complexity index is 636. The summed E-state index contributed by atoms with van der Waals surface area (Å²) in [5, 5.41) is 10.6. The molecule has 0 saturated heterocycles. The van der Waals surface area contributed by atoms with Crippen molar-refractivity contribution in [2.24, 2.45) is 0 Å². The molecule has 0 aliphatic carbocycles. The average Bonchev–Trinajstić information content (AvgIpc) is 2.45. The van der Waals surface area contributed by atoms with Gasteiger partial charge in [0.25, 0.3) is 0 Å². The lowest BCUT2D eigenvalue weighted by Crippen LogP contribution is -2.30. The van der Waals surface area contributed by atoms with Crippen molar-refractivity contribution in [3.8, 4) is 0 Å². The Morgan fingerprint density at radius 2 is 1.73 bits per heavy atom. The molecule has 0 saturated carbocycles. The molecule has 1 unspecified atom stereocenters. The van der Waals surface area contributed by atoms with Crippen LogP contribution in [0.1, 0.15) is 29.2 Å². The number of hydrogen-bond acceptors (Lipinski definition) is 3. The molecule has 5 heteroatoms. The first kappa shape index (κ1) is 16.3. The minimum Gasteiger partial charge on any atom is -0.388 e. The maximum atomic E-state index is 11.9. The topological polar surface area (TPSA) is 61.4 Å². The van der Waals surface area contributed by atoms with E-state index in [1.165, 1.54) is 0 Å². The summed E-state index contributed by atoms with van der Waals surface area (Å²) >= 11 is 5.79. The highest BCUT2D eigenvalue weighted by Crippen LogP contribution is 2.19. The monoisotopic (exact) mass is 318 g/mol. The SMILES string of the molecule is Cc1cc(C)cc(NNC(=O)CC(O)c2ccc(Cl)cc2)c1. The van der Waals surface area contributed by atoms with E-state index in [0.717, 1.165) is 16.8 Å². The Hall–Kier alpha value is -2.04. The minimum absolute atomic E-state index is 0.0283. The van der Waals surface area contributed by atoms with Crippen LogP contribution in [0.15, 0.2) is 42.5 Å². The normalized spacial score (nSPS) is 11.8. The molecule has 0 heterocycles. The molecule has 22 heavy (non-hydrogen) atoms. The van der Waals surface area contributed by atoms with Gasteiger partial charge in [0, 0.05) is 5.02 Å². The zero-order valence-electron chi connectivity index (χ0n) is 12.6. The molecule has 0 aromatic heterocycles. The molecular weight excluding hydrogens is 300 g/mol. The molecule has 0 aliphatic heterocycles. The zero-order chi connectivity index (χ0) is 16.1. The van der Waals surface area contributed by atoms with Crippen LogP contribution in [0, 0.1) is 13.8 Å². The Morgan fingerprint density at radius 1 is 1.14 bits per heavy atom. The second kappa shape index (κ2) is 7.29. The molecular formula is C17H19ClN2O2. The number of hydrazine groups is 1. The smallest absolute Gasteiger partial charge is 0.241 e. The van der Waals surface area contributed by atoms with Gasteiger partial charge in [-0.3, -0.25) is 15.6 Å². The summed E-state index contributed by atoms with van der Waals surface area (Å²) in [6, 6.07) is 12.7. The summed E-state index contributed by atoms with van der Waals surface area (Å²) in [6.45, 7) is 3.98. The van der Waals surface area contributed by atoms with Gasteiger partial charge in [0.15, 0.2) is 0 Å². The van der Waals surface area contributed by atoms with E-state index >= 15 is 0 Å². The summed E-state index contributed by atoms with van der Waals surface area (Å²) in [5.74, 6) is -0.290. The summed E-state index contributed by atoms with van der Waals surface area (Å²) in [6.07, 6.45) is -0.891. The van der Waals surface area contributed by atoms with Crippen LogP contribution >= 0.6 is 11.6 Å². The molecule has 0 bridgehead atoms. The Kier molecular flexibility index (Phi) is 5.41. The van der Waals surface area contributed by atoms with Gasteiger partial charge in [0.2, 0.25) is 5.91 Å². The predicted octanol–water partition coefficient (Wildman–Crippen LogP) is 3.52. The predicted molar refractivity (Wildman–Crippen MR) is 88.7 cm³/mol. The van der Waals surface area contributed by atoms with Crippen LogP contribution in [0.4, 0.5) is 5.69 Å². The number of halogens is 1. The van der Waals surface area contributed by atoms with Gasteiger partial charge in [-0.15, -0.1) is 0 Å². The van der Waals surface area contributed by atoms with Gasteiger partial charge in [-0.25, -0.2) is 0 Å². The number of aliphatic hydroxyl groups excluding tert-OH is 1. The van der Waals surface area contributed by atoms with Crippen molar-refractivity contribution in [3.05, 3.63) is 64.2 Å². The number of rotatable bonds is 5. The fourth-order valence-corrected chi connectivity index (χ4v) is 2.34. The molecule has 0 radical (unpaired) electrons. The lowest BCUT2D eigenvalue weighted by Gasteiger charge is -2.13. The number of carbonyl (C=O) groups is 1. The summed E-state index contributed by atoms with van der Waals surface area (Å²) in [5.41, 5.74) is 9.14. The van der Waals surface area contributed by atoms with Crippen LogP contribution in [0.2, 0.25) is 5.02 Å². The first-order valence-electron chi connectivity index (χ1n) is 7.01. The molecule has 4 nitrogen and oxygen atoms in total. The first-order chi connectivity index (χ1) is 10.4. The van der Waals surface area contributed by atoms with Crippen LogP contribution in [0.5, 0.6) is 0 Å². The van der Waals surface area contributed by atoms with Crippen LogP contribution in [0.3, 0.4) is 0 Å². The number of anilines is 1. The van der Waals surface area contributed by atoms with E-state index in [4.69, 9.17) is 11.6 Å². The van der Waals surface area contributed by atoms with E-state index in [9.17, 15) is 9.90 Å². The number of aryl methyl sites for hydroxylation is 2. The highest BCUT2D eigenvalue weighted by atomic mass is 35.5. The van der Waals surface area contributed by atoms with Crippen LogP contribution in [-0.4, -0.2) is 11.0 Å². The standard InChI is InChI=1S/C17H19ClN2O2/c1-11-7-12(2)9-15(8-11)19-20-17(22)10-16(21)13-3-5-14(18)6-4-13/h3-9,16,19,21H,10H2,1-2H3,(H,20,22). The van der Waals surface area contributed by atoms with E-state index in [1.807, 2.05) is 26.0 Å². The van der Waals surface area contributed by atoms with Crippen molar-refractivity contribution in [1.82, 2.24) is 5.43 Å². The van der Waals surface area contributed by atoms with Crippen molar-refractivity contribution in [2.45, 2.75) is 26.4 Å². The molecule has 2 aromatic carbocycles. The second-order valence-electron chi connectivity index (χ2n) is 5.32. The van der Waals surface area contributed by atoms with Gasteiger partial charge in [-0.1, -0.05) is 29.8 Å². The molecule has 0 aliphatic rings. The van der Waals surface area contributed by atoms with E-state index in [0.29, 0.717) is 10.6 Å². The third-order valence-corrected chi connectivity index (χ3v) is 3.45. The molecule has 1 amide bonds. The van der Waals surface area contributed by atoms with Crippen molar-refractivity contribution in [3.63, 3.8) is 0 Å². The summed E-state index contributed by atoms with van der Waals surface area (Å²) < 4.78 is 0. The quantitative estimate of drug-likeness (QED) is 0.739. The fourth-order valence-electron chi connectivity index (χ4n) is 2.22. The lowest BCUT2D eigenvalue weighted by atomic mass is 10.1. The van der Waals surface area contributed by atoms with Crippen LogP contribution in [-0.2, 0) is 4.79 Å².